The molecule has 0 fully saturated rings. The first-order chi connectivity index (χ1) is 13.1. The molecule has 2 unspecified atom stereocenters. The highest BCUT2D eigenvalue weighted by Gasteiger charge is 2.34. The molecule has 0 aliphatic heterocycles. The number of nitrogens with zero attached hydrogens (tertiary/aromatic N) is 1. The SMILES string of the molecule is CO[P+](=O)N(C)C(=O)C(C)Oc1ccc(Oc2ccc(C(F)(F)F)cc2)cc1. The number of rotatable bonds is 7. The lowest BCUT2D eigenvalue weighted by Crippen LogP contribution is -2.34. The fraction of sp³-hybridized carbons (Fsp3) is 0.278. The van der Waals surface area contributed by atoms with Crippen molar-refractivity contribution in [3.05, 3.63) is 54.1 Å². The smallest absolute Gasteiger partial charge is 0.481 e. The maximum atomic E-state index is 12.6. The predicted octanol–water partition coefficient (Wildman–Crippen LogP) is 5.03. The van der Waals surface area contributed by atoms with Crippen LogP contribution in [0.25, 0.3) is 0 Å². The number of likely N-dealkylation sites (N-methyl/N-ethyl adjacent to an activating group) is 1. The summed E-state index contributed by atoms with van der Waals surface area (Å²) in [5.74, 6) is 0.468. The van der Waals surface area contributed by atoms with Crippen LogP contribution in [0.4, 0.5) is 13.2 Å². The predicted molar refractivity (Wildman–Crippen MR) is 95.4 cm³/mol. The topological polar surface area (TPSA) is 65.1 Å². The molecule has 2 atom stereocenters. The van der Waals surface area contributed by atoms with Crippen LogP contribution < -0.4 is 9.47 Å². The lowest BCUT2D eigenvalue weighted by Gasteiger charge is -2.15. The summed E-state index contributed by atoms with van der Waals surface area (Å²) in [6.07, 6.45) is -5.31. The van der Waals surface area contributed by atoms with E-state index in [2.05, 4.69) is 4.52 Å². The fourth-order valence-corrected chi connectivity index (χ4v) is 2.72. The Morgan fingerprint density at radius 3 is 1.93 bits per heavy atom. The first kappa shape index (κ1) is 21.7. The number of hydrogen-bond donors (Lipinski definition) is 0. The third-order valence-corrected chi connectivity index (χ3v) is 4.62. The maximum absolute atomic E-state index is 12.6. The van der Waals surface area contributed by atoms with Crippen LogP contribution in [0, 0.1) is 0 Å². The van der Waals surface area contributed by atoms with Gasteiger partial charge in [-0.3, -0.25) is 4.79 Å². The average molecular weight is 416 g/mol. The van der Waals surface area contributed by atoms with Gasteiger partial charge in [-0.15, -0.1) is 9.19 Å². The summed E-state index contributed by atoms with van der Waals surface area (Å²) in [5.41, 5.74) is -0.762. The molecule has 150 valence electrons. The molecule has 6 nitrogen and oxygen atoms in total. The Kier molecular flexibility index (Phi) is 6.99. The van der Waals surface area contributed by atoms with Crippen molar-refractivity contribution in [2.75, 3.05) is 14.2 Å². The summed E-state index contributed by atoms with van der Waals surface area (Å²) in [6, 6.07) is 10.5. The van der Waals surface area contributed by atoms with E-state index in [-0.39, 0.29) is 5.75 Å². The van der Waals surface area contributed by atoms with E-state index in [1.54, 1.807) is 24.3 Å². The second kappa shape index (κ2) is 9.03. The molecule has 2 rings (SSSR count). The van der Waals surface area contributed by atoms with Gasteiger partial charge < -0.3 is 9.47 Å². The lowest BCUT2D eigenvalue weighted by molar-refractivity contribution is -0.137. The maximum Gasteiger partial charge on any atom is 0.648 e. The van der Waals surface area contributed by atoms with Gasteiger partial charge in [0.1, 0.15) is 17.2 Å². The summed E-state index contributed by atoms with van der Waals surface area (Å²) in [4.78, 5) is 12.1. The number of ether oxygens (including phenoxy) is 2. The Morgan fingerprint density at radius 1 is 1.00 bits per heavy atom. The number of amides is 1. The van der Waals surface area contributed by atoms with Gasteiger partial charge in [-0.25, -0.2) is 0 Å². The van der Waals surface area contributed by atoms with Gasteiger partial charge >= 0.3 is 20.3 Å². The molecule has 0 saturated carbocycles. The lowest BCUT2D eigenvalue weighted by atomic mass is 10.2. The molecule has 0 heterocycles. The molecule has 0 aromatic heterocycles. The zero-order valence-corrected chi connectivity index (χ0v) is 16.2. The standard InChI is InChI=1S/C18H18F3NO5P/c1-12(17(23)22(2)28(24)25-3)26-14-8-10-16(11-9-14)27-15-6-4-13(5-7-15)18(19,20)21/h4-12H,1-3H3/q+1. The molecular weight excluding hydrogens is 398 g/mol. The van der Waals surface area contributed by atoms with Crippen molar-refractivity contribution in [3.8, 4) is 17.2 Å². The van der Waals surface area contributed by atoms with Crippen LogP contribution in [0.5, 0.6) is 17.2 Å². The van der Waals surface area contributed by atoms with E-state index in [0.717, 1.165) is 16.8 Å². The number of carbonyl (C=O) groups excluding carboxylic acids is 1. The largest absolute Gasteiger partial charge is 0.648 e. The molecule has 0 aliphatic carbocycles. The molecule has 0 aliphatic rings. The highest BCUT2D eigenvalue weighted by molar-refractivity contribution is 7.37. The quantitative estimate of drug-likeness (QED) is 0.593. The van der Waals surface area contributed by atoms with Crippen molar-refractivity contribution in [1.82, 2.24) is 4.67 Å². The first-order valence-electron chi connectivity index (χ1n) is 8.02. The number of benzene rings is 2. The van der Waals surface area contributed by atoms with Gasteiger partial charge in [-0.1, -0.05) is 0 Å². The van der Waals surface area contributed by atoms with Gasteiger partial charge in [0.2, 0.25) is 0 Å². The van der Waals surface area contributed by atoms with Gasteiger partial charge in [0.25, 0.3) is 0 Å². The van der Waals surface area contributed by atoms with Crippen LogP contribution in [0.2, 0.25) is 0 Å². The van der Waals surface area contributed by atoms with E-state index in [4.69, 9.17) is 9.47 Å². The molecular formula is C18H18F3NO5P+. The van der Waals surface area contributed by atoms with Crippen molar-refractivity contribution in [2.24, 2.45) is 0 Å². The van der Waals surface area contributed by atoms with Crippen LogP contribution in [-0.2, 0) is 20.1 Å². The third-order valence-electron chi connectivity index (χ3n) is 3.62. The van der Waals surface area contributed by atoms with Crippen molar-refractivity contribution in [2.45, 2.75) is 19.2 Å². The molecule has 0 saturated heterocycles. The van der Waals surface area contributed by atoms with Crippen LogP contribution in [0.1, 0.15) is 12.5 Å². The normalized spacial score (nSPS) is 12.9. The molecule has 2 aromatic rings. The molecule has 0 spiro atoms. The Bertz CT molecular complexity index is 825. The zero-order valence-electron chi connectivity index (χ0n) is 15.3. The second-order valence-corrected chi connectivity index (χ2v) is 7.08. The summed E-state index contributed by atoms with van der Waals surface area (Å²) in [7, 11) is 0.298. The van der Waals surface area contributed by atoms with Crippen LogP contribution in [-0.4, -0.2) is 30.8 Å². The van der Waals surface area contributed by atoms with E-state index < -0.39 is 31.9 Å². The minimum Gasteiger partial charge on any atom is -0.481 e. The molecule has 1 amide bonds. The Hall–Kier alpha value is -2.64. The highest BCUT2D eigenvalue weighted by atomic mass is 31.1. The molecule has 0 radical (unpaired) electrons. The molecule has 0 N–H and O–H groups in total. The van der Waals surface area contributed by atoms with E-state index in [9.17, 15) is 22.5 Å². The highest BCUT2D eigenvalue weighted by Crippen LogP contribution is 2.32. The van der Waals surface area contributed by atoms with Crippen molar-refractivity contribution >= 4 is 14.1 Å². The fourth-order valence-electron chi connectivity index (χ4n) is 2.15. The van der Waals surface area contributed by atoms with Gasteiger partial charge in [-0.05, 0) is 60.0 Å². The molecule has 28 heavy (non-hydrogen) atoms. The number of alkyl halides is 3. The molecule has 10 heteroatoms. The van der Waals surface area contributed by atoms with E-state index in [1.807, 2.05) is 0 Å². The monoisotopic (exact) mass is 416 g/mol. The van der Waals surface area contributed by atoms with Crippen LogP contribution in [0.15, 0.2) is 48.5 Å². The van der Waals surface area contributed by atoms with Crippen LogP contribution in [0.3, 0.4) is 0 Å². The Labute approximate surface area is 160 Å². The second-order valence-electron chi connectivity index (χ2n) is 5.64. The number of hydrogen-bond acceptors (Lipinski definition) is 5. The summed E-state index contributed by atoms with van der Waals surface area (Å²) in [5, 5.41) is 0. The minimum atomic E-state index is -4.41. The zero-order chi connectivity index (χ0) is 20.9. The number of halogens is 3. The van der Waals surface area contributed by atoms with Gasteiger partial charge in [0, 0.05) is 0 Å². The van der Waals surface area contributed by atoms with Crippen molar-refractivity contribution < 1.29 is 36.5 Å². The van der Waals surface area contributed by atoms with E-state index in [1.165, 1.54) is 33.2 Å². The molecule has 2 aromatic carbocycles. The third kappa shape index (κ3) is 5.68. The summed E-state index contributed by atoms with van der Waals surface area (Å²) in [6.45, 7) is 1.50. The van der Waals surface area contributed by atoms with Crippen molar-refractivity contribution in [1.29, 1.82) is 0 Å². The Morgan fingerprint density at radius 2 is 1.46 bits per heavy atom. The molecule has 0 bridgehead atoms. The van der Waals surface area contributed by atoms with Crippen molar-refractivity contribution in [3.63, 3.8) is 0 Å². The average Bonchev–Trinajstić information content (AvgIpc) is 2.67. The minimum absolute atomic E-state index is 0.246. The van der Waals surface area contributed by atoms with E-state index in [0.29, 0.717) is 11.5 Å². The number of carbonyl (C=O) groups is 1. The van der Waals surface area contributed by atoms with Crippen LogP contribution >= 0.6 is 8.18 Å². The summed E-state index contributed by atoms with van der Waals surface area (Å²) >= 11 is 0. The van der Waals surface area contributed by atoms with E-state index >= 15 is 0 Å². The van der Waals surface area contributed by atoms with Gasteiger partial charge in [0.15, 0.2) is 6.10 Å². The Balaban J connectivity index is 1.98. The van der Waals surface area contributed by atoms with Gasteiger partial charge in [0.05, 0.1) is 19.7 Å². The summed E-state index contributed by atoms with van der Waals surface area (Å²) < 4.78 is 65.7. The van der Waals surface area contributed by atoms with Gasteiger partial charge in [-0.2, -0.15) is 13.2 Å². The first-order valence-corrected chi connectivity index (χ1v) is 9.15.